The van der Waals surface area contributed by atoms with Crippen LogP contribution in [0.3, 0.4) is 0 Å². The van der Waals surface area contributed by atoms with Gasteiger partial charge >= 0.3 is 6.01 Å². The number of likely N-dealkylation sites (tertiary alicyclic amines) is 1. The smallest absolute Gasteiger partial charge is 0.320 e. The van der Waals surface area contributed by atoms with E-state index < -0.39 is 0 Å². The fourth-order valence-corrected chi connectivity index (χ4v) is 7.52. The van der Waals surface area contributed by atoms with Crippen molar-refractivity contribution in [3.8, 4) is 23.3 Å². The van der Waals surface area contributed by atoms with E-state index >= 15 is 0 Å². The van der Waals surface area contributed by atoms with Crippen LogP contribution in [0.4, 0.5) is 5.82 Å². The lowest BCUT2D eigenvalue weighted by atomic mass is 9.99. The van der Waals surface area contributed by atoms with E-state index in [0.29, 0.717) is 59.9 Å². The molecule has 3 aliphatic heterocycles. The number of nitrogens with zero attached hydrogens (tertiary/aromatic N) is 7. The average Bonchev–Trinajstić information content (AvgIpc) is 3.43. The Morgan fingerprint density at radius 1 is 1.24 bits per heavy atom. The maximum Gasteiger partial charge on any atom is 0.320 e. The zero-order valence-corrected chi connectivity index (χ0v) is 25.3. The molecule has 9 nitrogen and oxygen atoms in total. The number of piperazine rings is 1. The molecule has 3 aromatic rings. The summed E-state index contributed by atoms with van der Waals surface area (Å²) in [7, 11) is 2.11. The first-order chi connectivity index (χ1) is 20.5. The molecule has 218 valence electrons. The van der Waals surface area contributed by atoms with Crippen LogP contribution in [0.2, 0.25) is 5.02 Å². The SMILES string of the molecule is C=CC(=O)N1CCN(c2nc(OC[C@@H]3CCCN3C)nc3nc(-c4cccc5c4CCCS5)c(Cl)cc23)C[C@@H]1CC#N. The molecule has 42 heavy (non-hydrogen) atoms. The third-order valence-electron chi connectivity index (χ3n) is 8.46. The summed E-state index contributed by atoms with van der Waals surface area (Å²) in [6.07, 6.45) is 5.83. The summed E-state index contributed by atoms with van der Waals surface area (Å²) in [5, 5.41) is 10.8. The summed E-state index contributed by atoms with van der Waals surface area (Å²) in [4.78, 5) is 34.6. The van der Waals surface area contributed by atoms with Crippen molar-refractivity contribution in [3.05, 3.63) is 47.5 Å². The number of amides is 1. The van der Waals surface area contributed by atoms with Crippen LogP contribution in [0, 0.1) is 11.3 Å². The molecule has 0 bridgehead atoms. The van der Waals surface area contributed by atoms with Gasteiger partial charge in [0.15, 0.2) is 5.65 Å². The molecule has 0 saturated carbocycles. The third kappa shape index (κ3) is 5.65. The highest BCUT2D eigenvalue weighted by atomic mass is 35.5. The molecule has 2 atom stereocenters. The van der Waals surface area contributed by atoms with Gasteiger partial charge in [0.05, 0.1) is 34.6 Å². The first-order valence-electron chi connectivity index (χ1n) is 14.5. The summed E-state index contributed by atoms with van der Waals surface area (Å²) in [5.41, 5.74) is 3.53. The number of rotatable bonds is 7. The number of thioether (sulfide) groups is 1. The molecule has 2 fully saturated rings. The Morgan fingerprint density at radius 2 is 2.12 bits per heavy atom. The highest BCUT2D eigenvalue weighted by molar-refractivity contribution is 7.99. The van der Waals surface area contributed by atoms with Gasteiger partial charge in [0, 0.05) is 36.1 Å². The van der Waals surface area contributed by atoms with Crippen molar-refractivity contribution in [2.45, 2.75) is 49.1 Å². The van der Waals surface area contributed by atoms with Crippen molar-refractivity contribution >= 4 is 46.1 Å². The number of halogens is 1. The quantitative estimate of drug-likeness (QED) is 0.347. The summed E-state index contributed by atoms with van der Waals surface area (Å²) < 4.78 is 6.22. The van der Waals surface area contributed by atoms with Crippen LogP contribution >= 0.6 is 23.4 Å². The van der Waals surface area contributed by atoms with Crippen molar-refractivity contribution in [1.82, 2.24) is 24.8 Å². The van der Waals surface area contributed by atoms with Crippen molar-refractivity contribution < 1.29 is 9.53 Å². The molecule has 11 heteroatoms. The molecular formula is C31H34ClN7O2S. The second kappa shape index (κ2) is 12.5. The van der Waals surface area contributed by atoms with Gasteiger partial charge in [-0.25, -0.2) is 4.98 Å². The number of benzene rings is 1. The Bertz CT molecular complexity index is 1560. The first-order valence-corrected chi connectivity index (χ1v) is 15.8. The van der Waals surface area contributed by atoms with E-state index in [9.17, 15) is 10.1 Å². The van der Waals surface area contributed by atoms with Crippen LogP contribution in [0.15, 0.2) is 41.8 Å². The Kier molecular flexibility index (Phi) is 8.52. The normalized spacial score (nSPS) is 20.8. The number of hydrogen-bond donors (Lipinski definition) is 0. The van der Waals surface area contributed by atoms with Gasteiger partial charge in [0.25, 0.3) is 0 Å². The Hall–Kier alpha value is -3.39. The number of carbonyl (C=O) groups excluding carboxylic acids is 1. The van der Waals surface area contributed by atoms with Gasteiger partial charge in [-0.3, -0.25) is 4.79 Å². The molecule has 1 amide bonds. The number of hydrogen-bond acceptors (Lipinski definition) is 9. The molecule has 0 N–H and O–H groups in total. The molecule has 0 spiro atoms. The Morgan fingerprint density at radius 3 is 2.90 bits per heavy atom. The van der Waals surface area contributed by atoms with Crippen molar-refractivity contribution in [3.63, 3.8) is 0 Å². The van der Waals surface area contributed by atoms with Gasteiger partial charge in [-0.05, 0) is 68.8 Å². The molecule has 0 radical (unpaired) electrons. The van der Waals surface area contributed by atoms with Gasteiger partial charge in [-0.1, -0.05) is 30.3 Å². The maximum atomic E-state index is 12.5. The second-order valence-corrected chi connectivity index (χ2v) is 12.6. The summed E-state index contributed by atoms with van der Waals surface area (Å²) in [6, 6.07) is 10.7. The van der Waals surface area contributed by atoms with Crippen LogP contribution in [0.1, 0.15) is 31.2 Å². The largest absolute Gasteiger partial charge is 0.462 e. The second-order valence-electron chi connectivity index (χ2n) is 11.0. The van der Waals surface area contributed by atoms with E-state index in [1.54, 1.807) is 4.90 Å². The lowest BCUT2D eigenvalue weighted by Gasteiger charge is -2.41. The van der Waals surface area contributed by atoms with Crippen LogP contribution < -0.4 is 9.64 Å². The van der Waals surface area contributed by atoms with Gasteiger partial charge in [-0.2, -0.15) is 15.2 Å². The third-order valence-corrected chi connectivity index (χ3v) is 9.93. The number of likely N-dealkylation sites (N-methyl/N-ethyl adjacent to an activating group) is 1. The molecule has 2 saturated heterocycles. The van der Waals surface area contributed by atoms with Crippen LogP contribution in [-0.2, 0) is 11.2 Å². The lowest BCUT2D eigenvalue weighted by molar-refractivity contribution is -0.128. The summed E-state index contributed by atoms with van der Waals surface area (Å²) in [6.45, 7) is 6.59. The fourth-order valence-electron chi connectivity index (χ4n) is 6.20. The Labute approximate surface area is 255 Å². The molecule has 0 aliphatic carbocycles. The van der Waals surface area contributed by atoms with E-state index in [1.807, 2.05) is 17.8 Å². The summed E-state index contributed by atoms with van der Waals surface area (Å²) in [5.74, 6) is 1.59. The van der Waals surface area contributed by atoms with Gasteiger partial charge in [0.2, 0.25) is 5.91 Å². The minimum atomic E-state index is -0.299. The molecule has 5 heterocycles. The van der Waals surface area contributed by atoms with Crippen molar-refractivity contribution in [1.29, 1.82) is 5.26 Å². The minimum absolute atomic E-state index is 0.175. The lowest BCUT2D eigenvalue weighted by Crippen LogP contribution is -2.55. The highest BCUT2D eigenvalue weighted by Gasteiger charge is 2.32. The van der Waals surface area contributed by atoms with E-state index in [2.05, 4.69) is 47.7 Å². The van der Waals surface area contributed by atoms with E-state index in [4.69, 9.17) is 31.3 Å². The number of nitriles is 1. The number of aromatic nitrogens is 3. The predicted molar refractivity (Wildman–Crippen MR) is 166 cm³/mol. The van der Waals surface area contributed by atoms with Gasteiger partial charge in [-0.15, -0.1) is 11.8 Å². The zero-order valence-electron chi connectivity index (χ0n) is 23.8. The van der Waals surface area contributed by atoms with Crippen LogP contribution in [0.5, 0.6) is 6.01 Å². The molecule has 1 aromatic carbocycles. The molecule has 6 rings (SSSR count). The van der Waals surface area contributed by atoms with E-state index in [-0.39, 0.29) is 24.4 Å². The fraction of sp³-hybridized carbons (Fsp3) is 0.452. The standard InChI is InChI=1S/C31H34ClN7O2S/c1-3-27(40)39-15-14-38(18-20(39)11-12-33)30-24-17-25(32)28(23-8-4-10-26-22(23)9-6-16-42-26)34-29(24)35-31(36-30)41-19-21-7-5-13-37(21)2/h3-4,8,10,17,20-21H,1,5-7,9,11,13-16,18-19H2,2H3/t20-,21-/m0/s1. The van der Waals surface area contributed by atoms with Crippen molar-refractivity contribution in [2.24, 2.45) is 0 Å². The van der Waals surface area contributed by atoms with Crippen LogP contribution in [-0.4, -0.2) is 88.3 Å². The first kappa shape index (κ1) is 28.7. The molecule has 2 aromatic heterocycles. The number of carbonyl (C=O) groups is 1. The Balaban J connectivity index is 1.42. The molecule has 0 unspecified atom stereocenters. The number of ether oxygens (including phenoxy) is 1. The predicted octanol–water partition coefficient (Wildman–Crippen LogP) is 4.97. The number of fused-ring (bicyclic) bond motifs is 2. The molecular weight excluding hydrogens is 570 g/mol. The maximum absolute atomic E-state index is 12.5. The van der Waals surface area contributed by atoms with Gasteiger partial charge in [0.1, 0.15) is 12.4 Å². The average molecular weight is 604 g/mol. The zero-order chi connectivity index (χ0) is 29.2. The number of pyridine rings is 1. The van der Waals surface area contributed by atoms with Gasteiger partial charge < -0.3 is 19.4 Å². The van der Waals surface area contributed by atoms with E-state index in [0.717, 1.165) is 43.5 Å². The summed E-state index contributed by atoms with van der Waals surface area (Å²) >= 11 is 8.84. The molecule has 3 aliphatic rings. The monoisotopic (exact) mass is 603 g/mol. The highest BCUT2D eigenvalue weighted by Crippen LogP contribution is 2.40. The van der Waals surface area contributed by atoms with Crippen molar-refractivity contribution in [2.75, 3.05) is 50.5 Å². The minimum Gasteiger partial charge on any atom is -0.462 e. The number of anilines is 1. The van der Waals surface area contributed by atoms with Crippen LogP contribution in [0.25, 0.3) is 22.3 Å². The topological polar surface area (TPSA) is 98.5 Å². The van der Waals surface area contributed by atoms with E-state index in [1.165, 1.54) is 16.5 Å².